The van der Waals surface area contributed by atoms with Gasteiger partial charge in [-0.2, -0.15) is 0 Å². The Morgan fingerprint density at radius 2 is 1.59 bits per heavy atom. The van der Waals surface area contributed by atoms with Crippen molar-refractivity contribution in [1.82, 2.24) is 41.8 Å². The normalized spacial score (nSPS) is 26.0. The van der Waals surface area contributed by atoms with Gasteiger partial charge in [-0.25, -0.2) is 0 Å². The van der Waals surface area contributed by atoms with E-state index < -0.39 is 128 Å². The van der Waals surface area contributed by atoms with E-state index >= 15 is 0 Å². The molecular weight excluding hydrogens is 857 g/mol. The molecular formula is C46H56N8O12. The van der Waals surface area contributed by atoms with Crippen LogP contribution < -0.4 is 31.9 Å². The summed E-state index contributed by atoms with van der Waals surface area (Å²) in [5.74, 6) is -7.51. The van der Waals surface area contributed by atoms with Crippen LogP contribution in [0.15, 0.2) is 96.4 Å². The highest BCUT2D eigenvalue weighted by Crippen LogP contribution is 2.24. The van der Waals surface area contributed by atoms with Gasteiger partial charge in [-0.1, -0.05) is 91.4 Å². The van der Waals surface area contributed by atoms with E-state index in [9.17, 15) is 59.1 Å². The summed E-state index contributed by atoms with van der Waals surface area (Å²) in [6.07, 6.45) is 1.67. The van der Waals surface area contributed by atoms with Crippen LogP contribution in [0.3, 0.4) is 0 Å². The number of aliphatic hydroxyl groups excluding tert-OH is 4. The Kier molecular flexibility index (Phi) is 17.3. The first-order chi connectivity index (χ1) is 31.3. The lowest BCUT2D eigenvalue weighted by Crippen LogP contribution is -2.63. The van der Waals surface area contributed by atoms with Crippen LogP contribution >= 0.6 is 0 Å². The molecule has 0 radical (unpaired) electrons. The predicted molar refractivity (Wildman–Crippen MR) is 240 cm³/mol. The summed E-state index contributed by atoms with van der Waals surface area (Å²) < 4.78 is 0. The highest BCUT2D eigenvalue weighted by atomic mass is 16.3. The van der Waals surface area contributed by atoms with Gasteiger partial charge in [-0.15, -0.1) is 0 Å². The molecule has 20 heteroatoms. The lowest BCUT2D eigenvalue weighted by atomic mass is 9.91. The number of carbonyl (C=O) groups is 7. The Bertz CT molecular complexity index is 2400. The molecule has 2 aliphatic rings. The van der Waals surface area contributed by atoms with Crippen LogP contribution in [-0.4, -0.2) is 146 Å². The molecule has 3 heterocycles. The molecule has 1 aromatic heterocycles. The maximum Gasteiger partial charge on any atom is 0.268 e. The fourth-order valence-electron chi connectivity index (χ4n) is 7.18. The number of aliphatic hydroxyl groups is 5. The van der Waals surface area contributed by atoms with E-state index in [4.69, 9.17) is 0 Å². The summed E-state index contributed by atoms with van der Waals surface area (Å²) >= 11 is 0. The van der Waals surface area contributed by atoms with Crippen LogP contribution in [0.4, 0.5) is 0 Å². The second-order valence-electron chi connectivity index (χ2n) is 16.3. The van der Waals surface area contributed by atoms with Crippen LogP contribution in [0.2, 0.25) is 0 Å². The zero-order valence-corrected chi connectivity index (χ0v) is 36.6. The Labute approximate surface area is 379 Å². The Morgan fingerprint density at radius 1 is 0.879 bits per heavy atom. The molecule has 3 aromatic rings. The van der Waals surface area contributed by atoms with Crippen molar-refractivity contribution in [2.24, 2.45) is 5.92 Å². The van der Waals surface area contributed by atoms with Gasteiger partial charge in [-0.05, 0) is 24.6 Å². The minimum Gasteiger partial charge on any atom is -0.391 e. The number of hydrogen-bond donors (Lipinski definition) is 12. The molecule has 20 nitrogen and oxygen atoms in total. The van der Waals surface area contributed by atoms with Gasteiger partial charge in [0.15, 0.2) is 11.8 Å². The molecule has 2 aromatic carbocycles. The predicted octanol–water partition coefficient (Wildman–Crippen LogP) is -1.42. The van der Waals surface area contributed by atoms with Gasteiger partial charge >= 0.3 is 0 Å². The Balaban J connectivity index is 1.37. The zero-order chi connectivity index (χ0) is 48.1. The van der Waals surface area contributed by atoms with Gasteiger partial charge < -0.3 is 67.3 Å². The van der Waals surface area contributed by atoms with Crippen molar-refractivity contribution in [2.75, 3.05) is 26.7 Å². The number of H-pyrrole nitrogens is 1. The van der Waals surface area contributed by atoms with Gasteiger partial charge in [0.05, 0.1) is 56.6 Å². The first-order valence-electron chi connectivity index (χ1n) is 21.1. The number of aromatic amines is 1. The van der Waals surface area contributed by atoms with Gasteiger partial charge in [0.25, 0.3) is 11.8 Å². The SMILES string of the molecule is CC(C=Cc1ccccc1)=CC=CC(C)C(O)C(O)C1NC(=O)CC(O)CNC(=O)CNC(=O)C(=Cc2c[nH]c3ccccc23)NC(=O)CN(C)C(=O)CC2(O)NC(=O)CC2NC(=O)C1O. The number of β-amino-alcohol motifs (C(OH)–C–C–N with tert-alkyl or cyclic N) is 1. The van der Waals surface area contributed by atoms with Gasteiger partial charge in [0, 0.05) is 42.2 Å². The van der Waals surface area contributed by atoms with Crippen LogP contribution in [0.5, 0.6) is 0 Å². The fourth-order valence-corrected chi connectivity index (χ4v) is 7.18. The zero-order valence-electron chi connectivity index (χ0n) is 36.6. The van der Waals surface area contributed by atoms with E-state index in [0.717, 1.165) is 21.6 Å². The third kappa shape index (κ3) is 13.8. The summed E-state index contributed by atoms with van der Waals surface area (Å²) in [7, 11) is 1.21. The van der Waals surface area contributed by atoms with E-state index in [0.29, 0.717) is 10.9 Å². The molecule has 2 saturated heterocycles. The summed E-state index contributed by atoms with van der Waals surface area (Å²) in [4.78, 5) is 96.5. The molecule has 0 bridgehead atoms. The molecule has 2 aliphatic heterocycles. The van der Waals surface area contributed by atoms with Crippen molar-refractivity contribution in [3.63, 3.8) is 0 Å². The highest BCUT2D eigenvalue weighted by Gasteiger charge is 2.49. The van der Waals surface area contributed by atoms with Gasteiger partial charge in [0.1, 0.15) is 11.8 Å². The van der Waals surface area contributed by atoms with Crippen molar-refractivity contribution in [3.8, 4) is 0 Å². The molecule has 7 amide bonds. The first-order valence-corrected chi connectivity index (χ1v) is 21.1. The number of nitrogens with zero attached hydrogens (tertiary/aromatic N) is 1. The average Bonchev–Trinajstić information content (AvgIpc) is 3.82. The molecule has 66 heavy (non-hydrogen) atoms. The summed E-state index contributed by atoms with van der Waals surface area (Å²) in [6, 6.07) is 13.1. The summed E-state index contributed by atoms with van der Waals surface area (Å²) in [5.41, 5.74) is 0.246. The number of hydrogen-bond acceptors (Lipinski definition) is 12. The number of fused-ring (bicyclic) bond motifs is 2. The lowest BCUT2D eigenvalue weighted by Gasteiger charge is -2.34. The van der Waals surface area contributed by atoms with E-state index in [-0.39, 0.29) is 5.70 Å². The molecule has 8 unspecified atom stereocenters. The number of nitrogens with one attached hydrogen (secondary N) is 7. The number of allylic oxidation sites excluding steroid dienone is 4. The third-order valence-corrected chi connectivity index (χ3v) is 11.0. The Hall–Kier alpha value is -6.97. The van der Waals surface area contributed by atoms with Crippen LogP contribution in [0.25, 0.3) is 23.1 Å². The number of aromatic nitrogens is 1. The standard InChI is InChI=1S/C46H56N8O12/c1-26(16-17-28-12-5-4-6-13-28)10-9-11-27(2)41(61)42(62)40-43(63)45(65)51-34-20-36(57)53-46(34,66)21-39(60)54(3)25-38(59)50-33(18-29-22-47-32-15-8-7-14-31(29)32)44(64)49-24-37(58)48-23-30(55)19-35(56)52-40/h4-18,22,27,30,34,40-43,47,55,61-63,66H,19-21,23-25H2,1-3H3,(H,48,58)(H,49,64)(H,50,59)(H,51,65)(H,52,56)(H,53,57). The molecule has 8 atom stereocenters. The topological polar surface area (TPSA) is 312 Å². The second-order valence-corrected chi connectivity index (χ2v) is 16.3. The van der Waals surface area contributed by atoms with Crippen molar-refractivity contribution in [2.45, 2.75) is 75.3 Å². The average molecular weight is 913 g/mol. The van der Waals surface area contributed by atoms with Crippen molar-refractivity contribution in [3.05, 3.63) is 107 Å². The number of rotatable bonds is 8. The smallest absolute Gasteiger partial charge is 0.268 e. The first kappa shape index (κ1) is 50.0. The maximum absolute atomic E-state index is 13.7. The minimum atomic E-state index is -2.47. The van der Waals surface area contributed by atoms with Gasteiger partial charge in [0.2, 0.25) is 29.5 Å². The maximum atomic E-state index is 13.7. The van der Waals surface area contributed by atoms with E-state index in [1.807, 2.05) is 49.4 Å². The summed E-state index contributed by atoms with van der Waals surface area (Å²) in [5, 5.41) is 71.0. The van der Waals surface area contributed by atoms with E-state index in [2.05, 4.69) is 36.9 Å². The number of likely N-dealkylation sites (N-methyl/N-ethyl adjacent to an activating group) is 1. The van der Waals surface area contributed by atoms with Crippen LogP contribution in [0, 0.1) is 5.92 Å². The molecule has 0 saturated carbocycles. The Morgan fingerprint density at radius 3 is 2.33 bits per heavy atom. The lowest BCUT2D eigenvalue weighted by molar-refractivity contribution is -0.145. The summed E-state index contributed by atoms with van der Waals surface area (Å²) in [6.45, 7) is 1.53. The molecule has 0 spiro atoms. The second kappa shape index (κ2) is 22.8. The number of para-hydroxylation sites is 1. The number of amides is 7. The fraction of sp³-hybridized carbons (Fsp3) is 0.370. The molecule has 0 aliphatic carbocycles. The minimum absolute atomic E-state index is 0.317. The number of carbonyl (C=O) groups excluding carboxylic acids is 7. The van der Waals surface area contributed by atoms with Crippen molar-refractivity contribution < 1.29 is 59.1 Å². The van der Waals surface area contributed by atoms with E-state index in [1.54, 1.807) is 48.7 Å². The third-order valence-electron chi connectivity index (χ3n) is 11.0. The quantitative estimate of drug-likeness (QED) is 0.0917. The van der Waals surface area contributed by atoms with Crippen molar-refractivity contribution in [1.29, 1.82) is 0 Å². The molecule has 12 N–H and O–H groups in total. The molecule has 2 fully saturated rings. The monoisotopic (exact) mass is 912 g/mol. The highest BCUT2D eigenvalue weighted by molar-refractivity contribution is 6.05. The van der Waals surface area contributed by atoms with Crippen LogP contribution in [-0.2, 0) is 33.6 Å². The molecule has 352 valence electrons. The largest absolute Gasteiger partial charge is 0.391 e. The van der Waals surface area contributed by atoms with Crippen LogP contribution in [0.1, 0.15) is 44.2 Å². The van der Waals surface area contributed by atoms with Gasteiger partial charge in [-0.3, -0.25) is 33.6 Å². The van der Waals surface area contributed by atoms with E-state index in [1.165, 1.54) is 20.0 Å². The van der Waals surface area contributed by atoms with Crippen molar-refractivity contribution >= 4 is 64.4 Å². The molecule has 5 rings (SSSR count). The number of benzene rings is 2.